The highest BCUT2D eigenvalue weighted by molar-refractivity contribution is 5.49. The van der Waals surface area contributed by atoms with Gasteiger partial charge in [0.05, 0.1) is 38.1 Å². The molecule has 0 fully saturated rings. The van der Waals surface area contributed by atoms with E-state index in [1.54, 1.807) is 26.7 Å². The lowest BCUT2D eigenvalue weighted by Gasteiger charge is -2.18. The van der Waals surface area contributed by atoms with Crippen LogP contribution in [0.25, 0.3) is 5.69 Å². The van der Waals surface area contributed by atoms with Crippen LogP contribution < -0.4 is 15.2 Å². The fraction of sp³-hybridized carbons (Fsp3) is 0.400. The Morgan fingerprint density at radius 2 is 1.85 bits per heavy atom. The maximum Gasteiger partial charge on any atom is 0.162 e. The Morgan fingerprint density at radius 3 is 2.45 bits per heavy atom. The van der Waals surface area contributed by atoms with Crippen LogP contribution in [0.3, 0.4) is 0 Å². The van der Waals surface area contributed by atoms with E-state index < -0.39 is 0 Å². The second kappa shape index (κ2) is 5.96. The van der Waals surface area contributed by atoms with E-state index in [0.29, 0.717) is 17.4 Å². The first-order valence-corrected chi connectivity index (χ1v) is 6.58. The minimum atomic E-state index is -0.0643. The van der Waals surface area contributed by atoms with E-state index in [9.17, 15) is 0 Å². The maximum absolute atomic E-state index is 6.23. The van der Waals surface area contributed by atoms with Crippen molar-refractivity contribution in [1.29, 1.82) is 0 Å². The average molecular weight is 275 g/mol. The number of hydrogen-bond acceptors (Lipinski definition) is 4. The number of nitrogens with two attached hydrogens (primary N) is 1. The third kappa shape index (κ3) is 2.63. The molecule has 5 nitrogen and oxygen atoms in total. The number of imidazole rings is 1. The van der Waals surface area contributed by atoms with E-state index in [-0.39, 0.29) is 6.04 Å². The van der Waals surface area contributed by atoms with Gasteiger partial charge in [0.2, 0.25) is 0 Å². The topological polar surface area (TPSA) is 62.3 Å². The molecule has 1 heterocycles. The lowest BCUT2D eigenvalue weighted by molar-refractivity contribution is 0.355. The minimum absolute atomic E-state index is 0.0643. The van der Waals surface area contributed by atoms with Gasteiger partial charge in [0.15, 0.2) is 11.5 Å². The zero-order valence-electron chi connectivity index (χ0n) is 12.3. The summed E-state index contributed by atoms with van der Waals surface area (Å²) in [6.07, 6.45) is 3.57. The lowest BCUT2D eigenvalue weighted by atomic mass is 10.0. The van der Waals surface area contributed by atoms with Gasteiger partial charge in [0.25, 0.3) is 0 Å². The van der Waals surface area contributed by atoms with Crippen LogP contribution in [-0.2, 0) is 0 Å². The molecule has 0 amide bonds. The number of hydrogen-bond donors (Lipinski definition) is 1. The molecular weight excluding hydrogens is 254 g/mol. The Labute approximate surface area is 119 Å². The Hall–Kier alpha value is -2.01. The smallest absolute Gasteiger partial charge is 0.162 e. The maximum atomic E-state index is 6.23. The Bertz CT molecular complexity index is 578. The van der Waals surface area contributed by atoms with Crippen LogP contribution >= 0.6 is 0 Å². The lowest BCUT2D eigenvalue weighted by Crippen LogP contribution is -2.19. The molecule has 2 rings (SSSR count). The molecule has 5 heteroatoms. The second-order valence-electron chi connectivity index (χ2n) is 5.00. The van der Waals surface area contributed by atoms with E-state index in [1.165, 1.54) is 0 Å². The molecule has 0 radical (unpaired) electrons. The van der Waals surface area contributed by atoms with Crippen LogP contribution in [0.2, 0.25) is 0 Å². The summed E-state index contributed by atoms with van der Waals surface area (Å²) in [5.41, 5.74) is 8.16. The van der Waals surface area contributed by atoms with Crippen molar-refractivity contribution < 1.29 is 9.47 Å². The molecule has 2 N–H and O–H groups in total. The van der Waals surface area contributed by atoms with Crippen LogP contribution in [0.15, 0.2) is 30.7 Å². The van der Waals surface area contributed by atoms with Gasteiger partial charge >= 0.3 is 0 Å². The van der Waals surface area contributed by atoms with Crippen molar-refractivity contribution in [3.63, 3.8) is 0 Å². The number of ether oxygens (including phenoxy) is 2. The molecule has 0 spiro atoms. The first-order chi connectivity index (χ1) is 9.58. The molecule has 108 valence electrons. The van der Waals surface area contributed by atoms with Crippen LogP contribution in [0, 0.1) is 5.92 Å². The monoisotopic (exact) mass is 275 g/mol. The molecule has 0 saturated carbocycles. The fourth-order valence-electron chi connectivity index (χ4n) is 2.08. The van der Waals surface area contributed by atoms with Gasteiger partial charge < -0.3 is 19.8 Å². The number of aromatic nitrogens is 2. The highest BCUT2D eigenvalue weighted by atomic mass is 16.5. The zero-order chi connectivity index (χ0) is 14.7. The zero-order valence-corrected chi connectivity index (χ0v) is 12.3. The van der Waals surface area contributed by atoms with Gasteiger partial charge in [0.1, 0.15) is 0 Å². The molecule has 1 atom stereocenters. The highest BCUT2D eigenvalue weighted by Crippen LogP contribution is 2.30. The largest absolute Gasteiger partial charge is 0.493 e. The SMILES string of the molecule is COc1ccc(-n2cncc2C(N)C(C)C)cc1OC. The molecule has 0 aliphatic carbocycles. The minimum Gasteiger partial charge on any atom is -0.493 e. The van der Waals surface area contributed by atoms with Crippen LogP contribution in [0.4, 0.5) is 0 Å². The van der Waals surface area contributed by atoms with E-state index in [2.05, 4.69) is 18.8 Å². The molecule has 0 aliphatic rings. The van der Waals surface area contributed by atoms with E-state index in [1.807, 2.05) is 22.8 Å². The van der Waals surface area contributed by atoms with Gasteiger partial charge in [-0.25, -0.2) is 4.98 Å². The molecule has 20 heavy (non-hydrogen) atoms. The van der Waals surface area contributed by atoms with Gasteiger partial charge in [0, 0.05) is 12.1 Å². The third-order valence-electron chi connectivity index (χ3n) is 3.37. The molecule has 0 aliphatic heterocycles. The Morgan fingerprint density at radius 1 is 1.15 bits per heavy atom. The summed E-state index contributed by atoms with van der Waals surface area (Å²) in [7, 11) is 3.24. The van der Waals surface area contributed by atoms with E-state index in [0.717, 1.165) is 11.4 Å². The molecular formula is C15H21N3O2. The first kappa shape index (κ1) is 14.4. The molecule has 0 saturated heterocycles. The Kier molecular flexibility index (Phi) is 4.29. The van der Waals surface area contributed by atoms with Crippen molar-refractivity contribution in [3.05, 3.63) is 36.4 Å². The predicted molar refractivity (Wildman–Crippen MR) is 78.4 cm³/mol. The van der Waals surface area contributed by atoms with E-state index in [4.69, 9.17) is 15.2 Å². The highest BCUT2D eigenvalue weighted by Gasteiger charge is 2.16. The Balaban J connectivity index is 2.45. The summed E-state index contributed by atoms with van der Waals surface area (Å²) in [5.74, 6) is 1.72. The van der Waals surface area contributed by atoms with Gasteiger partial charge in [-0.3, -0.25) is 0 Å². The van der Waals surface area contributed by atoms with Crippen molar-refractivity contribution in [2.24, 2.45) is 11.7 Å². The standard InChI is InChI=1S/C15H21N3O2/c1-10(2)15(16)12-8-17-9-18(12)11-5-6-13(19-3)14(7-11)20-4/h5-10,15H,16H2,1-4H3. The van der Waals surface area contributed by atoms with Crippen molar-refractivity contribution in [2.75, 3.05) is 14.2 Å². The van der Waals surface area contributed by atoms with Crippen molar-refractivity contribution in [1.82, 2.24) is 9.55 Å². The molecule has 0 bridgehead atoms. The summed E-state index contributed by atoms with van der Waals surface area (Å²) < 4.78 is 12.6. The van der Waals surface area contributed by atoms with Gasteiger partial charge in [-0.15, -0.1) is 0 Å². The normalized spacial score (nSPS) is 12.5. The van der Waals surface area contributed by atoms with Gasteiger partial charge in [-0.1, -0.05) is 13.8 Å². The van der Waals surface area contributed by atoms with Crippen LogP contribution in [0.1, 0.15) is 25.6 Å². The first-order valence-electron chi connectivity index (χ1n) is 6.58. The average Bonchev–Trinajstić information content (AvgIpc) is 2.94. The van der Waals surface area contributed by atoms with E-state index >= 15 is 0 Å². The van der Waals surface area contributed by atoms with Crippen molar-refractivity contribution in [2.45, 2.75) is 19.9 Å². The summed E-state index contributed by atoms with van der Waals surface area (Å²) in [6.45, 7) is 4.19. The summed E-state index contributed by atoms with van der Waals surface area (Å²) >= 11 is 0. The molecule has 1 aromatic carbocycles. The summed E-state index contributed by atoms with van der Waals surface area (Å²) in [6, 6.07) is 5.68. The fourth-order valence-corrected chi connectivity index (χ4v) is 2.08. The number of benzene rings is 1. The summed E-state index contributed by atoms with van der Waals surface area (Å²) in [5, 5.41) is 0. The number of nitrogens with zero attached hydrogens (tertiary/aromatic N) is 2. The number of rotatable bonds is 5. The van der Waals surface area contributed by atoms with Crippen LogP contribution in [0.5, 0.6) is 11.5 Å². The van der Waals surface area contributed by atoms with Crippen molar-refractivity contribution >= 4 is 0 Å². The van der Waals surface area contributed by atoms with Crippen molar-refractivity contribution in [3.8, 4) is 17.2 Å². The molecule has 1 unspecified atom stereocenters. The number of methoxy groups -OCH3 is 2. The third-order valence-corrected chi connectivity index (χ3v) is 3.37. The van der Waals surface area contributed by atoms with Crippen LogP contribution in [-0.4, -0.2) is 23.8 Å². The quantitative estimate of drug-likeness (QED) is 0.911. The molecule has 2 aromatic rings. The van der Waals surface area contributed by atoms with Gasteiger partial charge in [-0.05, 0) is 18.1 Å². The molecule has 1 aromatic heterocycles. The van der Waals surface area contributed by atoms with Gasteiger partial charge in [-0.2, -0.15) is 0 Å². The predicted octanol–water partition coefficient (Wildman–Crippen LogP) is 2.55. The second-order valence-corrected chi connectivity index (χ2v) is 5.00. The summed E-state index contributed by atoms with van der Waals surface area (Å²) in [4.78, 5) is 4.21.